The Labute approximate surface area is 112 Å². The number of aromatic nitrogens is 1. The van der Waals surface area contributed by atoms with E-state index in [-0.39, 0.29) is 6.61 Å². The van der Waals surface area contributed by atoms with Crippen LogP contribution in [0.2, 0.25) is 0 Å². The standard InChI is InChI=1S/C15H19NO3/c1-2-3-11-10-16(4-5-17)13-9-15-14(8-12(11)13)18-6-7-19-15/h8-10,17H,2-7H2,1H3. The van der Waals surface area contributed by atoms with Crippen LogP contribution >= 0.6 is 0 Å². The first-order chi connectivity index (χ1) is 9.33. The minimum absolute atomic E-state index is 0.143. The molecule has 3 rings (SSSR count). The zero-order valence-corrected chi connectivity index (χ0v) is 11.2. The van der Waals surface area contributed by atoms with Crippen molar-refractivity contribution in [2.24, 2.45) is 0 Å². The Balaban J connectivity index is 2.16. The van der Waals surface area contributed by atoms with Gasteiger partial charge in [0.2, 0.25) is 0 Å². The first kappa shape index (κ1) is 12.4. The highest BCUT2D eigenvalue weighted by molar-refractivity contribution is 5.87. The molecule has 2 aromatic rings. The van der Waals surface area contributed by atoms with E-state index >= 15 is 0 Å². The molecule has 0 radical (unpaired) electrons. The maximum absolute atomic E-state index is 9.18. The number of hydrogen-bond acceptors (Lipinski definition) is 3. The van der Waals surface area contributed by atoms with Crippen LogP contribution in [-0.2, 0) is 13.0 Å². The molecule has 4 nitrogen and oxygen atoms in total. The Morgan fingerprint density at radius 1 is 1.21 bits per heavy atom. The average molecular weight is 261 g/mol. The molecule has 102 valence electrons. The van der Waals surface area contributed by atoms with E-state index in [0.29, 0.717) is 19.8 Å². The van der Waals surface area contributed by atoms with Gasteiger partial charge in [-0.2, -0.15) is 0 Å². The third kappa shape index (κ3) is 2.16. The summed E-state index contributed by atoms with van der Waals surface area (Å²) in [5.74, 6) is 1.64. The van der Waals surface area contributed by atoms with Gasteiger partial charge >= 0.3 is 0 Å². The number of aliphatic hydroxyl groups excluding tert-OH is 1. The molecule has 0 amide bonds. The molecule has 19 heavy (non-hydrogen) atoms. The highest BCUT2D eigenvalue weighted by Gasteiger charge is 2.16. The van der Waals surface area contributed by atoms with Gasteiger partial charge in [-0.05, 0) is 18.1 Å². The number of benzene rings is 1. The second-order valence-electron chi connectivity index (χ2n) is 4.83. The first-order valence-electron chi connectivity index (χ1n) is 6.85. The lowest BCUT2D eigenvalue weighted by Crippen LogP contribution is -2.15. The van der Waals surface area contributed by atoms with Crippen molar-refractivity contribution in [3.63, 3.8) is 0 Å². The van der Waals surface area contributed by atoms with Crippen LogP contribution in [0.25, 0.3) is 10.9 Å². The second kappa shape index (κ2) is 5.13. The lowest BCUT2D eigenvalue weighted by molar-refractivity contribution is 0.172. The van der Waals surface area contributed by atoms with Crippen molar-refractivity contribution in [2.75, 3.05) is 19.8 Å². The SMILES string of the molecule is CCCc1cn(CCO)c2cc3c(cc12)OCCO3. The average Bonchev–Trinajstić information content (AvgIpc) is 2.75. The van der Waals surface area contributed by atoms with Gasteiger partial charge in [0, 0.05) is 24.2 Å². The fourth-order valence-corrected chi connectivity index (χ4v) is 2.66. The van der Waals surface area contributed by atoms with Crippen molar-refractivity contribution >= 4 is 10.9 Å². The second-order valence-corrected chi connectivity index (χ2v) is 4.83. The topological polar surface area (TPSA) is 43.6 Å². The normalized spacial score (nSPS) is 14.0. The van der Waals surface area contributed by atoms with E-state index < -0.39 is 0 Å². The van der Waals surface area contributed by atoms with Gasteiger partial charge in [0.05, 0.1) is 12.1 Å². The summed E-state index contributed by atoms with van der Waals surface area (Å²) in [4.78, 5) is 0. The number of hydrogen-bond donors (Lipinski definition) is 1. The summed E-state index contributed by atoms with van der Waals surface area (Å²) < 4.78 is 13.4. The van der Waals surface area contributed by atoms with E-state index in [9.17, 15) is 5.11 Å². The Bertz CT molecular complexity index is 539. The fraction of sp³-hybridized carbons (Fsp3) is 0.467. The van der Waals surface area contributed by atoms with Crippen molar-refractivity contribution < 1.29 is 14.6 Å². The molecular formula is C15H19NO3. The van der Waals surface area contributed by atoms with Crippen molar-refractivity contribution in [2.45, 2.75) is 26.3 Å². The van der Waals surface area contributed by atoms with Gasteiger partial charge < -0.3 is 19.1 Å². The quantitative estimate of drug-likeness (QED) is 0.918. The van der Waals surface area contributed by atoms with Crippen LogP contribution in [0.1, 0.15) is 18.9 Å². The molecule has 0 spiro atoms. The highest BCUT2D eigenvalue weighted by atomic mass is 16.6. The Morgan fingerprint density at radius 2 is 1.95 bits per heavy atom. The van der Waals surface area contributed by atoms with Crippen molar-refractivity contribution in [1.29, 1.82) is 0 Å². The predicted octanol–water partition coefficient (Wildman–Crippen LogP) is 2.36. The molecule has 1 aromatic heterocycles. The van der Waals surface area contributed by atoms with Crippen LogP contribution in [0.4, 0.5) is 0 Å². The monoisotopic (exact) mass is 261 g/mol. The van der Waals surface area contributed by atoms with Gasteiger partial charge in [-0.3, -0.25) is 0 Å². The third-order valence-corrected chi connectivity index (χ3v) is 3.49. The number of aliphatic hydroxyl groups is 1. The van der Waals surface area contributed by atoms with E-state index in [2.05, 4.69) is 23.8 Å². The van der Waals surface area contributed by atoms with Crippen LogP contribution in [0.15, 0.2) is 18.3 Å². The molecule has 0 bridgehead atoms. The molecule has 0 fully saturated rings. The molecule has 1 aliphatic rings. The number of ether oxygens (including phenoxy) is 2. The Hall–Kier alpha value is -1.68. The molecule has 1 N–H and O–H groups in total. The summed E-state index contributed by atoms with van der Waals surface area (Å²) in [7, 11) is 0. The maximum Gasteiger partial charge on any atom is 0.163 e. The van der Waals surface area contributed by atoms with E-state index in [4.69, 9.17) is 9.47 Å². The van der Waals surface area contributed by atoms with Gasteiger partial charge in [0.25, 0.3) is 0 Å². The van der Waals surface area contributed by atoms with Crippen LogP contribution in [0.5, 0.6) is 11.5 Å². The molecule has 0 unspecified atom stereocenters. The molecule has 0 aliphatic carbocycles. The zero-order valence-electron chi connectivity index (χ0n) is 11.2. The van der Waals surface area contributed by atoms with Gasteiger partial charge in [0.1, 0.15) is 13.2 Å². The summed E-state index contributed by atoms with van der Waals surface area (Å²) in [5, 5.41) is 10.4. The summed E-state index contributed by atoms with van der Waals surface area (Å²) in [5.41, 5.74) is 2.42. The van der Waals surface area contributed by atoms with E-state index in [1.54, 1.807) is 0 Å². The number of rotatable bonds is 4. The molecule has 1 aromatic carbocycles. The van der Waals surface area contributed by atoms with E-state index in [0.717, 1.165) is 29.9 Å². The van der Waals surface area contributed by atoms with Gasteiger partial charge in [-0.1, -0.05) is 13.3 Å². The van der Waals surface area contributed by atoms with Crippen molar-refractivity contribution in [1.82, 2.24) is 4.57 Å². The molecular weight excluding hydrogens is 242 g/mol. The molecule has 2 heterocycles. The van der Waals surface area contributed by atoms with Gasteiger partial charge in [0.15, 0.2) is 11.5 Å². The largest absolute Gasteiger partial charge is 0.486 e. The first-order valence-corrected chi connectivity index (χ1v) is 6.85. The summed E-state index contributed by atoms with van der Waals surface area (Å²) in [6, 6.07) is 4.10. The predicted molar refractivity (Wildman–Crippen MR) is 74.0 cm³/mol. The number of nitrogens with zero attached hydrogens (tertiary/aromatic N) is 1. The molecule has 1 aliphatic heterocycles. The van der Waals surface area contributed by atoms with Crippen LogP contribution in [0, 0.1) is 0 Å². The summed E-state index contributed by atoms with van der Waals surface area (Å²) >= 11 is 0. The summed E-state index contributed by atoms with van der Waals surface area (Å²) in [6.45, 7) is 4.14. The highest BCUT2D eigenvalue weighted by Crippen LogP contribution is 2.36. The molecule has 0 atom stereocenters. The van der Waals surface area contributed by atoms with Crippen LogP contribution in [-0.4, -0.2) is 29.5 Å². The summed E-state index contributed by atoms with van der Waals surface area (Å²) in [6.07, 6.45) is 4.27. The zero-order chi connectivity index (χ0) is 13.2. The van der Waals surface area contributed by atoms with Crippen molar-refractivity contribution in [3.8, 4) is 11.5 Å². The minimum atomic E-state index is 0.143. The fourth-order valence-electron chi connectivity index (χ4n) is 2.66. The minimum Gasteiger partial charge on any atom is -0.486 e. The molecule has 4 heteroatoms. The van der Waals surface area contributed by atoms with Gasteiger partial charge in [-0.25, -0.2) is 0 Å². The number of aryl methyl sites for hydroxylation is 1. The van der Waals surface area contributed by atoms with Crippen LogP contribution in [0.3, 0.4) is 0 Å². The Morgan fingerprint density at radius 3 is 2.63 bits per heavy atom. The van der Waals surface area contributed by atoms with Gasteiger partial charge in [-0.15, -0.1) is 0 Å². The lowest BCUT2D eigenvalue weighted by atomic mass is 10.1. The van der Waals surface area contributed by atoms with Crippen molar-refractivity contribution in [3.05, 3.63) is 23.9 Å². The third-order valence-electron chi connectivity index (χ3n) is 3.49. The maximum atomic E-state index is 9.18. The van der Waals surface area contributed by atoms with E-state index in [1.165, 1.54) is 10.9 Å². The van der Waals surface area contributed by atoms with Crippen LogP contribution < -0.4 is 9.47 Å². The molecule has 0 saturated heterocycles. The molecule has 0 saturated carbocycles. The smallest absolute Gasteiger partial charge is 0.163 e. The van der Waals surface area contributed by atoms with E-state index in [1.807, 2.05) is 6.07 Å². The Kier molecular flexibility index (Phi) is 3.34. The number of fused-ring (bicyclic) bond motifs is 2. The lowest BCUT2D eigenvalue weighted by Gasteiger charge is -2.18.